The lowest BCUT2D eigenvalue weighted by atomic mass is 10.0. The number of esters is 1. The van der Waals surface area contributed by atoms with Crippen LogP contribution in [0.25, 0.3) is 0 Å². The first-order chi connectivity index (χ1) is 12.7. The number of ether oxygens (including phenoxy) is 1. The van der Waals surface area contributed by atoms with Crippen molar-refractivity contribution >= 4 is 35.0 Å². The van der Waals surface area contributed by atoms with Crippen LogP contribution in [0.2, 0.25) is 0 Å². The Morgan fingerprint density at radius 1 is 1.58 bits per heavy atom. The molecule has 6 nitrogen and oxygen atoms in total. The van der Waals surface area contributed by atoms with Crippen LogP contribution in [0.3, 0.4) is 0 Å². The normalized spacial score (nSPS) is 16.2. The van der Waals surface area contributed by atoms with Gasteiger partial charge in [0, 0.05) is 16.3 Å². The molecule has 1 aliphatic rings. The molecule has 0 radical (unpaired) electrons. The number of rotatable bonds is 8. The number of thiophene rings is 1. The van der Waals surface area contributed by atoms with Gasteiger partial charge in [0.15, 0.2) is 0 Å². The van der Waals surface area contributed by atoms with E-state index in [0.29, 0.717) is 11.5 Å². The summed E-state index contributed by atoms with van der Waals surface area (Å²) < 4.78 is 7.10. The summed E-state index contributed by atoms with van der Waals surface area (Å²) in [4.78, 5) is 18.3. The zero-order chi connectivity index (χ0) is 18.5. The van der Waals surface area contributed by atoms with Crippen LogP contribution in [0.5, 0.6) is 0 Å². The van der Waals surface area contributed by atoms with Gasteiger partial charge in [0.1, 0.15) is 12.6 Å². The topological polar surface area (TPSA) is 69.0 Å². The first kappa shape index (κ1) is 18.7. The van der Waals surface area contributed by atoms with Crippen molar-refractivity contribution in [2.24, 2.45) is 0 Å². The number of hydrogen-bond acceptors (Lipinski definition) is 7. The van der Waals surface area contributed by atoms with Crippen molar-refractivity contribution in [3.05, 3.63) is 46.3 Å². The van der Waals surface area contributed by atoms with E-state index in [2.05, 4.69) is 28.9 Å². The van der Waals surface area contributed by atoms with Crippen LogP contribution in [0.15, 0.2) is 46.6 Å². The number of thioether (sulfide) groups is 1. The third kappa shape index (κ3) is 3.86. The van der Waals surface area contributed by atoms with E-state index in [1.807, 2.05) is 24.4 Å². The first-order valence-electron chi connectivity index (χ1n) is 8.54. The van der Waals surface area contributed by atoms with E-state index in [-0.39, 0.29) is 18.6 Å². The smallest absolute Gasteiger partial charge is 0.338 e. The van der Waals surface area contributed by atoms with Crippen LogP contribution in [-0.4, -0.2) is 33.1 Å². The highest BCUT2D eigenvalue weighted by Gasteiger charge is 2.35. The number of allylic oxidation sites excluding steroid dienone is 1. The fourth-order valence-electron chi connectivity index (χ4n) is 2.69. The minimum Gasteiger partial charge on any atom is -0.458 e. The highest BCUT2D eigenvalue weighted by Crippen LogP contribution is 2.38. The predicted octanol–water partition coefficient (Wildman–Crippen LogP) is 4.25. The summed E-state index contributed by atoms with van der Waals surface area (Å²) in [5, 5.41) is 10.6. The predicted molar refractivity (Wildman–Crippen MR) is 106 cm³/mol. The van der Waals surface area contributed by atoms with Gasteiger partial charge < -0.3 is 10.1 Å². The van der Waals surface area contributed by atoms with Gasteiger partial charge in [0.05, 0.1) is 5.57 Å². The van der Waals surface area contributed by atoms with Crippen LogP contribution >= 0.6 is 23.1 Å². The lowest BCUT2D eigenvalue weighted by Gasteiger charge is -2.27. The first-order valence-corrected chi connectivity index (χ1v) is 10.4. The minimum atomic E-state index is -0.366. The van der Waals surface area contributed by atoms with E-state index >= 15 is 0 Å². The van der Waals surface area contributed by atoms with Crippen molar-refractivity contribution in [2.45, 2.75) is 37.9 Å². The summed E-state index contributed by atoms with van der Waals surface area (Å²) in [7, 11) is 0. The molecule has 26 heavy (non-hydrogen) atoms. The Hall–Kier alpha value is -2.06. The number of nitrogens with one attached hydrogen (secondary N) is 1. The van der Waals surface area contributed by atoms with Crippen LogP contribution in [0, 0.1) is 0 Å². The maximum Gasteiger partial charge on any atom is 0.338 e. The van der Waals surface area contributed by atoms with Crippen LogP contribution in [-0.2, 0) is 9.53 Å². The number of carbonyl (C=O) groups excluding carboxylic acids is 1. The molecule has 0 saturated carbocycles. The van der Waals surface area contributed by atoms with Crippen molar-refractivity contribution in [3.63, 3.8) is 0 Å². The van der Waals surface area contributed by atoms with Crippen molar-refractivity contribution < 1.29 is 9.53 Å². The molecule has 3 heterocycles. The van der Waals surface area contributed by atoms with Crippen LogP contribution in [0.4, 0.5) is 5.95 Å². The standard InChI is InChI=1S/C18H22N4O2S2/c1-4-6-10-26-18-20-17-19-12(3)14(16(23)24-9-5-2)15(22(17)21-18)13-8-7-11-25-13/h5,7-8,11,15H,2,4,6,9-10H2,1,3H3,(H,19,20,21). The third-order valence-electron chi connectivity index (χ3n) is 3.93. The molecule has 0 spiro atoms. The Balaban J connectivity index is 1.96. The number of anilines is 1. The molecule has 0 fully saturated rings. The van der Waals surface area contributed by atoms with E-state index in [9.17, 15) is 4.79 Å². The quantitative estimate of drug-likeness (QED) is 0.314. The molecule has 1 unspecified atom stereocenters. The summed E-state index contributed by atoms with van der Waals surface area (Å²) in [6.07, 6.45) is 3.82. The molecule has 2 aromatic heterocycles. The summed E-state index contributed by atoms with van der Waals surface area (Å²) in [6, 6.07) is 3.64. The Morgan fingerprint density at radius 3 is 3.12 bits per heavy atom. The fourth-order valence-corrected chi connectivity index (χ4v) is 4.42. The van der Waals surface area contributed by atoms with Gasteiger partial charge in [-0.25, -0.2) is 9.48 Å². The lowest BCUT2D eigenvalue weighted by Crippen LogP contribution is -2.29. The maximum absolute atomic E-state index is 12.7. The van der Waals surface area contributed by atoms with Gasteiger partial charge in [-0.15, -0.1) is 16.4 Å². The fraction of sp³-hybridized carbons (Fsp3) is 0.389. The highest BCUT2D eigenvalue weighted by atomic mass is 32.2. The van der Waals surface area contributed by atoms with Gasteiger partial charge in [-0.1, -0.05) is 43.8 Å². The van der Waals surface area contributed by atoms with Crippen LogP contribution in [0.1, 0.15) is 37.6 Å². The van der Waals surface area contributed by atoms with E-state index in [1.165, 1.54) is 0 Å². The number of nitrogens with zero attached hydrogens (tertiary/aromatic N) is 3. The molecule has 8 heteroatoms. The van der Waals surface area contributed by atoms with E-state index < -0.39 is 0 Å². The van der Waals surface area contributed by atoms with Crippen molar-refractivity contribution in [1.29, 1.82) is 0 Å². The second-order valence-electron chi connectivity index (χ2n) is 5.83. The van der Waals surface area contributed by atoms with Crippen molar-refractivity contribution in [2.75, 3.05) is 17.7 Å². The zero-order valence-corrected chi connectivity index (χ0v) is 16.5. The zero-order valence-electron chi connectivity index (χ0n) is 14.9. The molecular weight excluding hydrogens is 368 g/mol. The number of carbonyl (C=O) groups is 1. The third-order valence-corrected chi connectivity index (χ3v) is 5.78. The second-order valence-corrected chi connectivity index (χ2v) is 7.87. The molecule has 1 atom stereocenters. The van der Waals surface area contributed by atoms with Crippen molar-refractivity contribution in [3.8, 4) is 0 Å². The Morgan fingerprint density at radius 2 is 2.42 bits per heavy atom. The number of unbranched alkanes of at least 4 members (excludes halogenated alkanes) is 1. The van der Waals surface area contributed by atoms with Gasteiger partial charge in [0.25, 0.3) is 0 Å². The molecule has 0 saturated heterocycles. The SMILES string of the molecule is C=CCOC(=O)C1=C(C)Nc2nc(SCCCC)nn2C1c1cccs1. The van der Waals surface area contributed by atoms with Gasteiger partial charge in [-0.3, -0.25) is 0 Å². The highest BCUT2D eigenvalue weighted by molar-refractivity contribution is 7.99. The van der Waals surface area contributed by atoms with Gasteiger partial charge >= 0.3 is 5.97 Å². The molecule has 2 aromatic rings. The Labute approximate surface area is 161 Å². The molecule has 0 amide bonds. The van der Waals surface area contributed by atoms with Crippen LogP contribution < -0.4 is 5.32 Å². The summed E-state index contributed by atoms with van der Waals surface area (Å²) in [5.41, 5.74) is 1.29. The summed E-state index contributed by atoms with van der Waals surface area (Å²) >= 11 is 3.22. The number of fused-ring (bicyclic) bond motifs is 1. The molecule has 0 aliphatic carbocycles. The average Bonchev–Trinajstić information content (AvgIpc) is 3.28. The Kier molecular flexibility index (Phi) is 6.16. The molecule has 0 aromatic carbocycles. The van der Waals surface area contributed by atoms with Gasteiger partial charge in [0.2, 0.25) is 11.1 Å². The largest absolute Gasteiger partial charge is 0.458 e. The molecule has 138 valence electrons. The monoisotopic (exact) mass is 390 g/mol. The van der Waals surface area contributed by atoms with E-state index in [4.69, 9.17) is 4.74 Å². The molecule has 0 bridgehead atoms. The summed E-state index contributed by atoms with van der Waals surface area (Å²) in [5.74, 6) is 1.26. The minimum absolute atomic E-state index is 0.176. The summed E-state index contributed by atoms with van der Waals surface area (Å²) in [6.45, 7) is 7.81. The van der Waals surface area contributed by atoms with Gasteiger partial charge in [-0.2, -0.15) is 4.98 Å². The maximum atomic E-state index is 12.7. The molecule has 3 rings (SSSR count). The van der Waals surface area contributed by atoms with Gasteiger partial charge in [-0.05, 0) is 24.8 Å². The molecule has 1 aliphatic heterocycles. The van der Waals surface area contributed by atoms with E-state index in [0.717, 1.165) is 34.3 Å². The van der Waals surface area contributed by atoms with Crippen molar-refractivity contribution in [1.82, 2.24) is 14.8 Å². The molecule has 1 N–H and O–H groups in total. The number of hydrogen-bond donors (Lipinski definition) is 1. The second kappa shape index (κ2) is 8.55. The Bertz CT molecular complexity index is 811. The lowest BCUT2D eigenvalue weighted by molar-refractivity contribution is -0.138. The number of aromatic nitrogens is 3. The van der Waals surface area contributed by atoms with E-state index in [1.54, 1.807) is 33.9 Å². The average molecular weight is 391 g/mol. The molecular formula is C18H22N4O2S2.